The molecule has 2 N–H and O–H groups in total. The van der Waals surface area contributed by atoms with Crippen LogP contribution in [0.2, 0.25) is 0 Å². The summed E-state index contributed by atoms with van der Waals surface area (Å²) in [6.07, 6.45) is 0. The Morgan fingerprint density at radius 1 is 1.20 bits per heavy atom. The molecule has 6 rings (SSSR count). The van der Waals surface area contributed by atoms with Crippen LogP contribution in [-0.2, 0) is 4.79 Å². The second kappa shape index (κ2) is 1.65. The molecule has 1 amide bonds. The zero-order valence-corrected chi connectivity index (χ0v) is 8.73. The lowest BCUT2D eigenvalue weighted by molar-refractivity contribution is -0.644. The average Bonchev–Trinajstić information content (AvgIpc) is 2.28. The minimum absolute atomic E-state index is 0.0902. The molecule has 6 saturated carbocycles. The molecule has 0 radical (unpaired) electrons. The third-order valence-corrected chi connectivity index (χ3v) is 6.84. The van der Waals surface area contributed by atoms with E-state index in [0.717, 1.165) is 24.3 Å². The zero-order chi connectivity index (χ0) is 10.2. The van der Waals surface area contributed by atoms with Gasteiger partial charge in [0.1, 0.15) is 0 Å². The van der Waals surface area contributed by atoms with Crippen molar-refractivity contribution in [2.45, 2.75) is 6.92 Å². The highest BCUT2D eigenvalue weighted by Crippen LogP contribution is 3.10. The van der Waals surface area contributed by atoms with E-state index in [1.54, 1.807) is 0 Å². The van der Waals surface area contributed by atoms with Crippen LogP contribution in [0.4, 0.5) is 0 Å². The Balaban J connectivity index is 1.51. The van der Waals surface area contributed by atoms with E-state index >= 15 is 0 Å². The van der Waals surface area contributed by atoms with Crippen LogP contribution in [0.25, 0.3) is 0 Å². The molecule has 0 aromatic heterocycles. The molecular formula is C12H15NO2. The number of aliphatic hydroxyl groups excluding tert-OH is 1. The Morgan fingerprint density at radius 3 is 2.13 bits per heavy atom. The Labute approximate surface area is 88.2 Å². The van der Waals surface area contributed by atoms with E-state index in [4.69, 9.17) is 0 Å². The summed E-state index contributed by atoms with van der Waals surface area (Å²) < 4.78 is 0. The van der Waals surface area contributed by atoms with Gasteiger partial charge in [-0.1, -0.05) is 0 Å². The molecule has 0 spiro atoms. The second-order valence-electron chi connectivity index (χ2n) is 6.22. The van der Waals surface area contributed by atoms with E-state index in [1.807, 2.05) is 6.92 Å². The topological polar surface area (TPSA) is 49.3 Å². The third kappa shape index (κ3) is 0.344. The van der Waals surface area contributed by atoms with Gasteiger partial charge in [0.15, 0.2) is 0 Å². The van der Waals surface area contributed by atoms with Gasteiger partial charge in [0, 0.05) is 18.6 Å². The summed E-state index contributed by atoms with van der Waals surface area (Å²) in [4.78, 5) is 12.0. The Morgan fingerprint density at radius 2 is 1.73 bits per heavy atom. The van der Waals surface area contributed by atoms with Gasteiger partial charge in [-0.25, -0.2) is 0 Å². The smallest absolute Gasteiger partial charge is 0.227 e. The van der Waals surface area contributed by atoms with Crippen molar-refractivity contribution in [2.24, 2.45) is 46.3 Å². The molecule has 0 aromatic rings. The van der Waals surface area contributed by atoms with Crippen LogP contribution in [0.3, 0.4) is 0 Å². The summed E-state index contributed by atoms with van der Waals surface area (Å²) in [5.41, 5.74) is 0.432. The molecule has 0 bridgehead atoms. The molecule has 0 aliphatic heterocycles. The van der Waals surface area contributed by atoms with Crippen LogP contribution in [0, 0.1) is 46.3 Å². The second-order valence-corrected chi connectivity index (χ2v) is 6.22. The summed E-state index contributed by atoms with van der Waals surface area (Å²) in [7, 11) is 0. The number of carbonyl (C=O) groups is 1. The number of aliphatic hydroxyl groups is 1. The van der Waals surface area contributed by atoms with Gasteiger partial charge in [-0.05, 0) is 42.4 Å². The SMILES string of the molecule is CCNC(=O)C12C3C4C1C1C2C3C41CO. The third-order valence-electron chi connectivity index (χ3n) is 6.84. The Bertz CT molecular complexity index is 362. The number of rotatable bonds is 3. The van der Waals surface area contributed by atoms with Crippen molar-refractivity contribution in [1.82, 2.24) is 5.32 Å². The average molecular weight is 205 g/mol. The van der Waals surface area contributed by atoms with Crippen LogP contribution in [0.5, 0.6) is 0 Å². The normalized spacial score (nSPS) is 72.7. The zero-order valence-electron chi connectivity index (χ0n) is 8.73. The minimum Gasteiger partial charge on any atom is -0.396 e. The Hall–Kier alpha value is -0.570. The molecule has 0 heterocycles. The lowest BCUT2D eigenvalue weighted by Crippen LogP contribution is -3.11. The van der Waals surface area contributed by atoms with Crippen molar-refractivity contribution < 1.29 is 9.90 Å². The minimum atomic E-state index is 0.0902. The van der Waals surface area contributed by atoms with Crippen molar-refractivity contribution >= 4 is 5.91 Å². The van der Waals surface area contributed by atoms with Gasteiger partial charge in [-0.3, -0.25) is 4.79 Å². The first-order valence-electron chi connectivity index (χ1n) is 6.17. The quantitative estimate of drug-likeness (QED) is 0.673. The fourth-order valence-corrected chi connectivity index (χ4v) is 6.83. The van der Waals surface area contributed by atoms with Gasteiger partial charge in [0.2, 0.25) is 5.91 Å². The predicted molar refractivity (Wildman–Crippen MR) is 51.6 cm³/mol. The van der Waals surface area contributed by atoms with E-state index in [9.17, 15) is 9.90 Å². The first-order valence-corrected chi connectivity index (χ1v) is 6.17. The van der Waals surface area contributed by atoms with Gasteiger partial charge in [-0.15, -0.1) is 0 Å². The van der Waals surface area contributed by atoms with Crippen LogP contribution >= 0.6 is 0 Å². The summed E-state index contributed by atoms with van der Waals surface area (Å²) >= 11 is 0. The molecular weight excluding hydrogens is 190 g/mol. The van der Waals surface area contributed by atoms with Gasteiger partial charge in [-0.2, -0.15) is 0 Å². The molecule has 80 valence electrons. The highest BCUT2D eigenvalue weighted by atomic mass is 16.3. The molecule has 6 aliphatic carbocycles. The van der Waals surface area contributed by atoms with Gasteiger partial charge in [0.05, 0.1) is 5.41 Å². The van der Waals surface area contributed by atoms with E-state index in [2.05, 4.69) is 5.32 Å². The maximum absolute atomic E-state index is 12.0. The number of hydrogen-bond acceptors (Lipinski definition) is 2. The Kier molecular flexibility index (Phi) is 0.844. The van der Waals surface area contributed by atoms with Gasteiger partial charge in [0.25, 0.3) is 0 Å². The van der Waals surface area contributed by atoms with Gasteiger partial charge < -0.3 is 10.4 Å². The van der Waals surface area contributed by atoms with Crippen LogP contribution in [0.15, 0.2) is 0 Å². The van der Waals surface area contributed by atoms with Crippen molar-refractivity contribution in [3.63, 3.8) is 0 Å². The summed E-state index contributed by atoms with van der Waals surface area (Å²) in [6, 6.07) is 0. The fourth-order valence-electron chi connectivity index (χ4n) is 6.83. The fraction of sp³-hybridized carbons (Fsp3) is 0.917. The van der Waals surface area contributed by atoms with Crippen molar-refractivity contribution in [3.05, 3.63) is 0 Å². The largest absolute Gasteiger partial charge is 0.396 e. The lowest BCUT2D eigenvalue weighted by Gasteiger charge is -3.10. The number of amides is 1. The first kappa shape index (κ1) is 7.66. The highest BCUT2D eigenvalue weighted by molar-refractivity contribution is 5.92. The highest BCUT2D eigenvalue weighted by Gasteiger charge is 3.11. The summed E-state index contributed by atoms with van der Waals surface area (Å²) in [5, 5.41) is 12.5. The number of hydrogen-bond donors (Lipinski definition) is 2. The molecule has 0 aromatic carbocycles. The monoisotopic (exact) mass is 205 g/mol. The van der Waals surface area contributed by atoms with Crippen molar-refractivity contribution in [2.75, 3.05) is 13.2 Å². The van der Waals surface area contributed by atoms with Crippen LogP contribution < -0.4 is 5.32 Å². The molecule has 6 aliphatic rings. The standard InChI is InChI=1S/C12H15NO2/c1-2-13-10(15)12-7-4-8(12)6-9(12)5(7)11(4,6)3-14/h4-9,14H,2-3H2,1H3,(H,13,15). The first-order chi connectivity index (χ1) is 7.27. The van der Waals surface area contributed by atoms with Crippen LogP contribution in [-0.4, -0.2) is 24.2 Å². The molecule has 6 fully saturated rings. The molecule has 0 unspecified atom stereocenters. The lowest BCUT2D eigenvalue weighted by atomic mass is 8.92. The number of carbonyl (C=O) groups excluding carboxylic acids is 1. The summed E-state index contributed by atoms with van der Waals surface area (Å²) in [5.74, 6) is 4.59. The van der Waals surface area contributed by atoms with Crippen molar-refractivity contribution in [1.29, 1.82) is 0 Å². The maximum Gasteiger partial charge on any atom is 0.227 e. The van der Waals surface area contributed by atoms with Crippen molar-refractivity contribution in [3.8, 4) is 0 Å². The van der Waals surface area contributed by atoms with E-state index < -0.39 is 0 Å². The molecule has 0 atom stereocenters. The molecule has 3 heteroatoms. The summed E-state index contributed by atoms with van der Waals surface area (Å²) in [6.45, 7) is 3.15. The van der Waals surface area contributed by atoms with Gasteiger partial charge >= 0.3 is 0 Å². The number of nitrogens with one attached hydrogen (secondary N) is 1. The van der Waals surface area contributed by atoms with E-state index in [-0.39, 0.29) is 5.41 Å². The van der Waals surface area contributed by atoms with E-state index in [1.165, 1.54) is 0 Å². The molecule has 15 heavy (non-hydrogen) atoms. The molecule has 3 nitrogen and oxygen atoms in total. The van der Waals surface area contributed by atoms with E-state index in [0.29, 0.717) is 35.7 Å². The molecule has 0 saturated heterocycles. The van der Waals surface area contributed by atoms with Crippen LogP contribution in [0.1, 0.15) is 6.92 Å². The predicted octanol–water partition coefficient (Wildman–Crippen LogP) is -0.147. The maximum atomic E-state index is 12.0.